The summed E-state index contributed by atoms with van der Waals surface area (Å²) < 4.78 is 49.0. The largest absolute Gasteiger partial charge is 0.486 e. The van der Waals surface area contributed by atoms with Crippen LogP contribution in [0.3, 0.4) is 0 Å². The SMILES string of the molecule is COc1n[nH]c2ncc(CC(=O)c3c(Cl)ccc(OCc4ccc(S(C)(=O)=O)cc4)c3F)cc12. The first kappa shape index (κ1) is 23.7. The number of aromatic nitrogens is 3. The number of H-pyrrole nitrogens is 1. The molecule has 0 amide bonds. The van der Waals surface area contributed by atoms with E-state index < -0.39 is 21.4 Å². The van der Waals surface area contributed by atoms with Gasteiger partial charge in [0.25, 0.3) is 0 Å². The highest BCUT2D eigenvalue weighted by atomic mass is 35.5. The highest BCUT2D eigenvalue weighted by molar-refractivity contribution is 7.90. The third kappa shape index (κ3) is 4.87. The van der Waals surface area contributed by atoms with E-state index in [0.29, 0.717) is 28.0 Å². The molecule has 2 heterocycles. The predicted molar refractivity (Wildman–Crippen MR) is 124 cm³/mol. The third-order valence-corrected chi connectivity index (χ3v) is 6.52. The van der Waals surface area contributed by atoms with Crippen molar-refractivity contribution in [1.82, 2.24) is 15.2 Å². The molecule has 0 aliphatic heterocycles. The summed E-state index contributed by atoms with van der Waals surface area (Å²) >= 11 is 6.14. The van der Waals surface area contributed by atoms with Gasteiger partial charge in [0.15, 0.2) is 32.8 Å². The van der Waals surface area contributed by atoms with Crippen molar-refractivity contribution in [1.29, 1.82) is 0 Å². The molecule has 0 unspecified atom stereocenters. The average molecular weight is 504 g/mol. The fraction of sp³-hybridized carbons (Fsp3) is 0.174. The molecule has 4 rings (SSSR count). The number of hydrogen-bond acceptors (Lipinski definition) is 7. The number of Topliss-reactive ketones (excluding diaryl/α,β-unsaturated/α-hetero) is 1. The number of rotatable bonds is 8. The molecule has 2 aromatic carbocycles. The van der Waals surface area contributed by atoms with Crippen LogP contribution in [0.15, 0.2) is 53.6 Å². The molecule has 4 aromatic rings. The molecule has 2 aromatic heterocycles. The second kappa shape index (κ2) is 9.40. The highest BCUT2D eigenvalue weighted by Gasteiger charge is 2.21. The zero-order chi connectivity index (χ0) is 24.5. The monoisotopic (exact) mass is 503 g/mol. The predicted octanol–water partition coefficient (Wildman–Crippen LogP) is 4.17. The summed E-state index contributed by atoms with van der Waals surface area (Å²) in [6, 6.07) is 10.5. The molecule has 11 heteroatoms. The van der Waals surface area contributed by atoms with Crippen molar-refractivity contribution >= 4 is 38.3 Å². The molecule has 0 saturated carbocycles. The van der Waals surface area contributed by atoms with Gasteiger partial charge in [0.05, 0.1) is 28.0 Å². The van der Waals surface area contributed by atoms with Crippen LogP contribution >= 0.6 is 11.6 Å². The zero-order valence-corrected chi connectivity index (χ0v) is 19.7. The molecule has 0 saturated heterocycles. The van der Waals surface area contributed by atoms with Gasteiger partial charge in [-0.1, -0.05) is 23.7 Å². The minimum absolute atomic E-state index is 0.0307. The van der Waals surface area contributed by atoms with Crippen LogP contribution in [-0.4, -0.2) is 42.7 Å². The van der Waals surface area contributed by atoms with Crippen molar-refractivity contribution in [2.45, 2.75) is 17.9 Å². The number of methoxy groups -OCH3 is 1. The van der Waals surface area contributed by atoms with Crippen molar-refractivity contribution in [2.75, 3.05) is 13.4 Å². The molecule has 0 spiro atoms. The number of benzene rings is 2. The van der Waals surface area contributed by atoms with E-state index in [2.05, 4.69) is 15.2 Å². The lowest BCUT2D eigenvalue weighted by molar-refractivity contribution is 0.0988. The Bertz CT molecular complexity index is 1490. The number of nitrogens with zero attached hydrogens (tertiary/aromatic N) is 2. The standard InChI is InChI=1S/C23H19ClFN3O5S/c1-32-23-16-9-14(11-26-22(16)27-28-23)10-18(29)20-17(24)7-8-19(21(20)25)33-12-13-3-5-15(6-4-13)34(2,30)31/h3-9,11H,10,12H2,1-2H3,(H,26,27,28). The van der Waals surface area contributed by atoms with Crippen LogP contribution in [0.4, 0.5) is 4.39 Å². The van der Waals surface area contributed by atoms with E-state index in [1.807, 2.05) is 0 Å². The van der Waals surface area contributed by atoms with Crippen LogP contribution in [0, 0.1) is 5.82 Å². The Kier molecular flexibility index (Phi) is 6.54. The summed E-state index contributed by atoms with van der Waals surface area (Å²) in [5, 5.41) is 7.24. The number of sulfone groups is 1. The molecule has 0 radical (unpaired) electrons. The van der Waals surface area contributed by atoms with Crippen molar-refractivity contribution in [3.05, 3.63) is 76.2 Å². The molecule has 176 valence electrons. The summed E-state index contributed by atoms with van der Waals surface area (Å²) in [7, 11) is -1.86. The highest BCUT2D eigenvalue weighted by Crippen LogP contribution is 2.30. The molecule has 34 heavy (non-hydrogen) atoms. The number of hydrogen-bond donors (Lipinski definition) is 1. The Labute approximate surface area is 199 Å². The quantitative estimate of drug-likeness (QED) is 0.359. The molecule has 0 atom stereocenters. The topological polar surface area (TPSA) is 111 Å². The maximum absolute atomic E-state index is 15.2. The van der Waals surface area contributed by atoms with E-state index in [0.717, 1.165) is 6.26 Å². The van der Waals surface area contributed by atoms with Gasteiger partial charge in [-0.3, -0.25) is 9.89 Å². The second-order valence-electron chi connectivity index (χ2n) is 7.51. The molecule has 0 fully saturated rings. The van der Waals surface area contributed by atoms with Gasteiger partial charge < -0.3 is 9.47 Å². The molecule has 1 N–H and O–H groups in total. The first-order chi connectivity index (χ1) is 16.2. The summed E-state index contributed by atoms with van der Waals surface area (Å²) in [5.74, 6) is -1.24. The maximum atomic E-state index is 15.2. The molecule has 0 aliphatic rings. The number of halogens is 2. The van der Waals surface area contributed by atoms with Crippen molar-refractivity contribution in [2.24, 2.45) is 0 Å². The number of ether oxygens (including phenoxy) is 2. The van der Waals surface area contributed by atoms with Gasteiger partial charge in [-0.25, -0.2) is 17.8 Å². The van der Waals surface area contributed by atoms with E-state index in [-0.39, 0.29) is 34.3 Å². The molecular formula is C23H19ClFN3O5S. The van der Waals surface area contributed by atoms with Crippen LogP contribution in [-0.2, 0) is 22.9 Å². The Morgan fingerprint density at radius 1 is 1.15 bits per heavy atom. The van der Waals surface area contributed by atoms with Crippen LogP contribution in [0.2, 0.25) is 5.02 Å². The van der Waals surface area contributed by atoms with Gasteiger partial charge in [-0.15, -0.1) is 5.10 Å². The lowest BCUT2D eigenvalue weighted by Gasteiger charge is -2.12. The summed E-state index contributed by atoms with van der Waals surface area (Å²) in [5.41, 5.74) is 1.37. The van der Waals surface area contributed by atoms with Gasteiger partial charge in [0.1, 0.15) is 6.61 Å². The smallest absolute Gasteiger partial charge is 0.241 e. The number of pyridine rings is 1. The summed E-state index contributed by atoms with van der Waals surface area (Å²) in [6.07, 6.45) is 2.45. The number of carbonyl (C=O) groups is 1. The van der Waals surface area contributed by atoms with Crippen LogP contribution in [0.25, 0.3) is 11.0 Å². The molecular weight excluding hydrogens is 485 g/mol. The maximum Gasteiger partial charge on any atom is 0.241 e. The number of nitrogens with one attached hydrogen (secondary N) is 1. The number of aromatic amines is 1. The lowest BCUT2D eigenvalue weighted by atomic mass is 10.0. The Hall–Kier alpha value is -3.50. The van der Waals surface area contributed by atoms with E-state index in [4.69, 9.17) is 21.1 Å². The van der Waals surface area contributed by atoms with Gasteiger partial charge in [0, 0.05) is 18.9 Å². The third-order valence-electron chi connectivity index (χ3n) is 5.08. The molecule has 0 bridgehead atoms. The summed E-state index contributed by atoms with van der Waals surface area (Å²) in [4.78, 5) is 17.3. The van der Waals surface area contributed by atoms with E-state index in [1.54, 1.807) is 18.2 Å². The van der Waals surface area contributed by atoms with Crippen molar-refractivity contribution in [3.63, 3.8) is 0 Å². The minimum atomic E-state index is -3.32. The van der Waals surface area contributed by atoms with Gasteiger partial charge in [-0.05, 0) is 41.5 Å². The summed E-state index contributed by atoms with van der Waals surface area (Å²) in [6.45, 7) is -0.0307. The van der Waals surface area contributed by atoms with E-state index >= 15 is 4.39 Å². The van der Waals surface area contributed by atoms with Gasteiger partial charge >= 0.3 is 0 Å². The fourth-order valence-corrected chi connectivity index (χ4v) is 4.23. The van der Waals surface area contributed by atoms with E-state index in [1.165, 1.54) is 37.6 Å². The van der Waals surface area contributed by atoms with E-state index in [9.17, 15) is 13.2 Å². The number of ketones is 1. The average Bonchev–Trinajstić information content (AvgIpc) is 3.20. The first-order valence-corrected chi connectivity index (χ1v) is 12.2. The lowest BCUT2D eigenvalue weighted by Crippen LogP contribution is -2.09. The first-order valence-electron chi connectivity index (χ1n) is 9.97. The molecule has 8 nitrogen and oxygen atoms in total. The zero-order valence-electron chi connectivity index (χ0n) is 18.1. The molecule has 0 aliphatic carbocycles. The van der Waals surface area contributed by atoms with Crippen LogP contribution in [0.1, 0.15) is 21.5 Å². The van der Waals surface area contributed by atoms with Gasteiger partial charge in [-0.2, -0.15) is 0 Å². The Morgan fingerprint density at radius 2 is 1.88 bits per heavy atom. The van der Waals surface area contributed by atoms with Crippen LogP contribution in [0.5, 0.6) is 11.6 Å². The second-order valence-corrected chi connectivity index (χ2v) is 9.93. The Balaban J connectivity index is 1.53. The van der Waals surface area contributed by atoms with Crippen molar-refractivity contribution in [3.8, 4) is 11.6 Å². The minimum Gasteiger partial charge on any atom is -0.486 e. The van der Waals surface area contributed by atoms with Crippen molar-refractivity contribution < 1.29 is 27.1 Å². The number of fused-ring (bicyclic) bond motifs is 1. The fourth-order valence-electron chi connectivity index (χ4n) is 3.34. The van der Waals surface area contributed by atoms with Gasteiger partial charge in [0.2, 0.25) is 5.88 Å². The number of carbonyl (C=O) groups excluding carboxylic acids is 1. The Morgan fingerprint density at radius 3 is 2.56 bits per heavy atom. The van der Waals surface area contributed by atoms with Crippen LogP contribution < -0.4 is 9.47 Å². The normalized spacial score (nSPS) is 11.5.